The average Bonchev–Trinajstić information content (AvgIpc) is 3.26. The first kappa shape index (κ1) is 20.1. The second-order valence-corrected chi connectivity index (χ2v) is 9.05. The lowest BCUT2D eigenvalue weighted by Crippen LogP contribution is -2.21. The van der Waals surface area contributed by atoms with Crippen molar-refractivity contribution in [1.82, 2.24) is 4.98 Å². The van der Waals surface area contributed by atoms with Crippen LogP contribution in [0, 0.1) is 0 Å². The molecular weight excluding hydrogens is 394 g/mol. The van der Waals surface area contributed by atoms with Crippen molar-refractivity contribution in [1.29, 1.82) is 0 Å². The van der Waals surface area contributed by atoms with Crippen LogP contribution in [0.2, 0.25) is 0 Å². The minimum absolute atomic E-state index is 0.0892. The monoisotopic (exact) mass is 419 g/mol. The number of hydrogen-bond donors (Lipinski definition) is 2. The summed E-state index contributed by atoms with van der Waals surface area (Å²) >= 11 is 0. The maximum atomic E-state index is 11.1. The van der Waals surface area contributed by atoms with Gasteiger partial charge in [-0.25, -0.2) is 4.79 Å². The number of carboxylic acid groups (broad SMARTS) is 1. The van der Waals surface area contributed by atoms with Crippen molar-refractivity contribution in [3.63, 3.8) is 0 Å². The Morgan fingerprint density at radius 2 is 1.69 bits per heavy atom. The molecule has 0 atom stereocenters. The fourth-order valence-electron chi connectivity index (χ4n) is 4.48. The van der Waals surface area contributed by atoms with Gasteiger partial charge in [0.1, 0.15) is 0 Å². The third-order valence-electron chi connectivity index (χ3n) is 6.37. The summed E-state index contributed by atoms with van der Waals surface area (Å²) in [4.78, 5) is 14.3. The molecule has 158 valence electrons. The van der Waals surface area contributed by atoms with Crippen molar-refractivity contribution in [2.24, 2.45) is 0 Å². The van der Waals surface area contributed by atoms with E-state index in [2.05, 4.69) is 73.4 Å². The van der Waals surface area contributed by atoms with Crippen LogP contribution in [0.1, 0.15) is 58.4 Å². The highest BCUT2D eigenvalue weighted by molar-refractivity contribution is 5.91. The topological polar surface area (TPSA) is 53.1 Å². The van der Waals surface area contributed by atoms with Gasteiger partial charge in [-0.15, -0.1) is 0 Å². The third-order valence-corrected chi connectivity index (χ3v) is 6.37. The zero-order valence-corrected chi connectivity index (χ0v) is 18.2. The predicted molar refractivity (Wildman–Crippen MR) is 132 cm³/mol. The largest absolute Gasteiger partial charge is 0.478 e. The molecule has 3 heteroatoms. The molecule has 1 aromatic heterocycles. The van der Waals surface area contributed by atoms with Crippen molar-refractivity contribution < 1.29 is 9.90 Å². The summed E-state index contributed by atoms with van der Waals surface area (Å²) in [6.45, 7) is 4.60. The van der Waals surface area contributed by atoms with Crippen molar-refractivity contribution >= 4 is 34.6 Å². The number of H-pyrrole nitrogens is 1. The van der Waals surface area contributed by atoms with Crippen LogP contribution in [-0.2, 0) is 5.41 Å². The van der Waals surface area contributed by atoms with E-state index in [9.17, 15) is 4.79 Å². The van der Waals surface area contributed by atoms with Crippen molar-refractivity contribution in [3.05, 3.63) is 112 Å². The van der Waals surface area contributed by atoms with Crippen LogP contribution in [0.3, 0.4) is 0 Å². The van der Waals surface area contributed by atoms with Gasteiger partial charge in [0.05, 0.1) is 5.56 Å². The molecule has 4 aromatic rings. The molecule has 3 aromatic carbocycles. The predicted octanol–water partition coefficient (Wildman–Crippen LogP) is 7.15. The highest BCUT2D eigenvalue weighted by Crippen LogP contribution is 2.42. The molecule has 1 aliphatic carbocycles. The fourth-order valence-corrected chi connectivity index (χ4v) is 4.48. The van der Waals surface area contributed by atoms with Crippen molar-refractivity contribution in [2.45, 2.75) is 25.7 Å². The smallest absolute Gasteiger partial charge is 0.335 e. The molecular formula is C29H25NO2. The molecule has 0 saturated carbocycles. The SMILES string of the molecule is CC1(C)CC=C(c2ccc3[nH]ccc3c2)c2cc(C=Cc3ccc(C(=O)O)cc3)ccc21. The number of aromatic amines is 1. The summed E-state index contributed by atoms with van der Waals surface area (Å²) in [6, 6.07) is 22.3. The van der Waals surface area contributed by atoms with Gasteiger partial charge in [-0.05, 0) is 87.0 Å². The summed E-state index contributed by atoms with van der Waals surface area (Å²) in [7, 11) is 0. The van der Waals surface area contributed by atoms with Gasteiger partial charge < -0.3 is 10.1 Å². The standard InChI is InChI=1S/C29H25NO2/c1-29(2)15-13-24(22-10-12-27-23(18-22)14-16-30-27)25-17-20(7-11-26(25)29)4-3-19-5-8-21(9-6-19)28(31)32/h3-14,16-18,30H,15H2,1-2H3,(H,31,32). The zero-order chi connectivity index (χ0) is 22.3. The minimum Gasteiger partial charge on any atom is -0.478 e. The van der Waals surface area contributed by atoms with Gasteiger partial charge in [0.25, 0.3) is 0 Å². The Morgan fingerprint density at radius 1 is 0.938 bits per heavy atom. The van der Waals surface area contributed by atoms with Crippen molar-refractivity contribution in [3.8, 4) is 0 Å². The third kappa shape index (κ3) is 3.67. The van der Waals surface area contributed by atoms with Gasteiger partial charge in [0.15, 0.2) is 0 Å². The molecule has 0 bridgehead atoms. The van der Waals surface area contributed by atoms with E-state index in [-0.39, 0.29) is 5.41 Å². The number of rotatable bonds is 4. The summed E-state index contributed by atoms with van der Waals surface area (Å²) in [5.74, 6) is -0.907. The number of allylic oxidation sites excluding steroid dienone is 1. The number of aromatic nitrogens is 1. The number of aromatic carboxylic acids is 1. The second-order valence-electron chi connectivity index (χ2n) is 9.05. The van der Waals surface area contributed by atoms with E-state index < -0.39 is 5.97 Å². The van der Waals surface area contributed by atoms with Gasteiger partial charge in [-0.3, -0.25) is 0 Å². The number of nitrogens with one attached hydrogen (secondary N) is 1. The lowest BCUT2D eigenvalue weighted by Gasteiger charge is -2.32. The molecule has 0 fully saturated rings. The number of fused-ring (bicyclic) bond motifs is 2. The maximum Gasteiger partial charge on any atom is 0.335 e. The zero-order valence-electron chi connectivity index (χ0n) is 18.2. The molecule has 0 saturated heterocycles. The van der Waals surface area contributed by atoms with E-state index in [1.807, 2.05) is 24.4 Å². The second kappa shape index (κ2) is 7.69. The van der Waals surface area contributed by atoms with Crippen LogP contribution in [0.5, 0.6) is 0 Å². The Labute approximate surface area is 187 Å². The van der Waals surface area contributed by atoms with E-state index in [0.717, 1.165) is 23.1 Å². The Balaban J connectivity index is 1.52. The molecule has 2 N–H and O–H groups in total. The van der Waals surface area contributed by atoms with Gasteiger partial charge in [0.2, 0.25) is 0 Å². The molecule has 32 heavy (non-hydrogen) atoms. The minimum atomic E-state index is -0.907. The maximum absolute atomic E-state index is 11.1. The first-order valence-corrected chi connectivity index (χ1v) is 10.8. The number of benzene rings is 3. The molecule has 0 amide bonds. The number of carbonyl (C=O) groups is 1. The normalized spacial score (nSPS) is 15.0. The van der Waals surface area contributed by atoms with Gasteiger partial charge in [0, 0.05) is 11.7 Å². The Hall–Kier alpha value is -3.85. The molecule has 5 rings (SSSR count). The molecule has 0 radical (unpaired) electrons. The van der Waals surface area contributed by atoms with E-state index >= 15 is 0 Å². The van der Waals surface area contributed by atoms with Crippen LogP contribution >= 0.6 is 0 Å². The summed E-state index contributed by atoms with van der Waals surface area (Å²) in [5.41, 5.74) is 8.79. The Morgan fingerprint density at radius 3 is 2.47 bits per heavy atom. The first-order valence-electron chi connectivity index (χ1n) is 10.8. The fraction of sp³-hybridized carbons (Fsp3) is 0.138. The van der Waals surface area contributed by atoms with Crippen LogP contribution in [-0.4, -0.2) is 16.1 Å². The lowest BCUT2D eigenvalue weighted by molar-refractivity contribution is 0.0697. The van der Waals surface area contributed by atoms with E-state index in [0.29, 0.717) is 5.56 Å². The van der Waals surface area contributed by atoms with E-state index in [1.54, 1.807) is 12.1 Å². The average molecular weight is 420 g/mol. The number of carboxylic acids is 1. The van der Waals surface area contributed by atoms with Crippen LogP contribution in [0.25, 0.3) is 28.6 Å². The van der Waals surface area contributed by atoms with Crippen LogP contribution in [0.4, 0.5) is 0 Å². The van der Waals surface area contributed by atoms with Crippen LogP contribution < -0.4 is 0 Å². The van der Waals surface area contributed by atoms with Gasteiger partial charge in [-0.2, -0.15) is 0 Å². The molecule has 3 nitrogen and oxygen atoms in total. The molecule has 0 spiro atoms. The summed E-state index contributed by atoms with van der Waals surface area (Å²) in [6.07, 6.45) is 9.47. The number of hydrogen-bond acceptors (Lipinski definition) is 1. The quantitative estimate of drug-likeness (QED) is 0.345. The summed E-state index contributed by atoms with van der Waals surface area (Å²) < 4.78 is 0. The Bertz CT molecular complexity index is 1380. The lowest BCUT2D eigenvalue weighted by atomic mass is 9.72. The van der Waals surface area contributed by atoms with Crippen LogP contribution in [0.15, 0.2) is 79.0 Å². The highest BCUT2D eigenvalue weighted by atomic mass is 16.4. The van der Waals surface area contributed by atoms with Crippen molar-refractivity contribution in [2.75, 3.05) is 0 Å². The Kier molecular flexibility index (Phi) is 4.82. The van der Waals surface area contributed by atoms with Gasteiger partial charge >= 0.3 is 5.97 Å². The molecule has 1 heterocycles. The summed E-state index contributed by atoms with van der Waals surface area (Å²) in [5, 5.41) is 10.3. The molecule has 1 aliphatic rings. The van der Waals surface area contributed by atoms with E-state index in [1.165, 1.54) is 27.6 Å². The molecule has 0 aliphatic heterocycles. The van der Waals surface area contributed by atoms with Gasteiger partial charge in [-0.1, -0.05) is 62.4 Å². The molecule has 0 unspecified atom stereocenters. The highest BCUT2D eigenvalue weighted by Gasteiger charge is 2.28. The first-order chi connectivity index (χ1) is 15.4. The van der Waals surface area contributed by atoms with E-state index in [4.69, 9.17) is 5.11 Å².